The van der Waals surface area contributed by atoms with E-state index in [1.807, 2.05) is 0 Å². The van der Waals surface area contributed by atoms with Crippen LogP contribution in [0.2, 0.25) is 0 Å². The Hall–Kier alpha value is -1.72. The van der Waals surface area contributed by atoms with Crippen molar-refractivity contribution in [2.24, 2.45) is 5.92 Å². The fraction of sp³-hybridized carbons (Fsp3) is 0.500. The summed E-state index contributed by atoms with van der Waals surface area (Å²) in [5.41, 5.74) is 4.18. The number of rotatable bonds is 3. The van der Waals surface area contributed by atoms with Gasteiger partial charge in [-0.3, -0.25) is 4.79 Å². The summed E-state index contributed by atoms with van der Waals surface area (Å²) in [7, 11) is 0. The minimum absolute atomic E-state index is 0.134. The molecule has 1 amide bonds. The van der Waals surface area contributed by atoms with Crippen molar-refractivity contribution in [3.63, 3.8) is 0 Å². The molecule has 20 heavy (non-hydrogen) atoms. The minimum Gasteiger partial charge on any atom is -0.398 e. The van der Waals surface area contributed by atoms with E-state index in [9.17, 15) is 18.0 Å². The second-order valence-corrected chi connectivity index (χ2v) is 5.20. The standard InChI is InChI=1S/C14H17F3N2O/c15-14(16,17)11-8-10(5-6-12(11)18)19-13(20)7-9-3-1-2-4-9/h5-6,8-9H,1-4,7,18H2,(H,19,20). The van der Waals surface area contributed by atoms with Crippen molar-refractivity contribution in [1.29, 1.82) is 0 Å². The Kier molecular flexibility index (Phi) is 4.20. The fourth-order valence-corrected chi connectivity index (χ4v) is 2.57. The van der Waals surface area contributed by atoms with Crippen LogP contribution in [0.25, 0.3) is 0 Å². The van der Waals surface area contributed by atoms with Gasteiger partial charge >= 0.3 is 6.18 Å². The van der Waals surface area contributed by atoms with E-state index in [2.05, 4.69) is 5.32 Å². The number of carbonyl (C=O) groups is 1. The SMILES string of the molecule is Nc1ccc(NC(=O)CC2CCCC2)cc1C(F)(F)F. The molecule has 3 N–H and O–H groups in total. The molecule has 1 aromatic rings. The molecule has 0 bridgehead atoms. The second-order valence-electron chi connectivity index (χ2n) is 5.20. The number of amides is 1. The van der Waals surface area contributed by atoms with E-state index < -0.39 is 11.7 Å². The lowest BCUT2D eigenvalue weighted by atomic mass is 10.0. The van der Waals surface area contributed by atoms with E-state index in [0.717, 1.165) is 37.8 Å². The summed E-state index contributed by atoms with van der Waals surface area (Å²) in [5.74, 6) is 0.112. The van der Waals surface area contributed by atoms with Gasteiger partial charge in [0.25, 0.3) is 0 Å². The van der Waals surface area contributed by atoms with Gasteiger partial charge in [0.1, 0.15) is 0 Å². The number of hydrogen-bond donors (Lipinski definition) is 2. The number of hydrogen-bond acceptors (Lipinski definition) is 2. The van der Waals surface area contributed by atoms with Gasteiger partial charge in [-0.1, -0.05) is 12.8 Å². The van der Waals surface area contributed by atoms with Crippen LogP contribution in [0.1, 0.15) is 37.7 Å². The molecule has 0 saturated heterocycles. The van der Waals surface area contributed by atoms with E-state index in [0.29, 0.717) is 12.3 Å². The molecular weight excluding hydrogens is 269 g/mol. The van der Waals surface area contributed by atoms with E-state index in [1.54, 1.807) is 0 Å². The predicted molar refractivity (Wildman–Crippen MR) is 71.1 cm³/mol. The molecule has 0 radical (unpaired) electrons. The van der Waals surface area contributed by atoms with Crippen LogP contribution >= 0.6 is 0 Å². The Morgan fingerprint density at radius 3 is 2.55 bits per heavy atom. The van der Waals surface area contributed by atoms with Crippen LogP contribution in [0.4, 0.5) is 24.5 Å². The lowest BCUT2D eigenvalue weighted by Gasteiger charge is -2.13. The van der Waals surface area contributed by atoms with Crippen molar-refractivity contribution < 1.29 is 18.0 Å². The highest BCUT2D eigenvalue weighted by atomic mass is 19.4. The van der Waals surface area contributed by atoms with E-state index in [4.69, 9.17) is 5.73 Å². The Balaban J connectivity index is 2.04. The number of anilines is 2. The Bertz CT molecular complexity index is 494. The van der Waals surface area contributed by atoms with Gasteiger partial charge in [-0.2, -0.15) is 13.2 Å². The summed E-state index contributed by atoms with van der Waals surface area (Å²) in [6.07, 6.45) is 0.129. The molecule has 0 unspecified atom stereocenters. The first-order valence-electron chi connectivity index (χ1n) is 6.63. The summed E-state index contributed by atoms with van der Waals surface area (Å²) >= 11 is 0. The van der Waals surface area contributed by atoms with Crippen molar-refractivity contribution in [3.05, 3.63) is 23.8 Å². The van der Waals surface area contributed by atoms with Gasteiger partial charge in [-0.05, 0) is 37.0 Å². The molecule has 0 heterocycles. The Labute approximate surface area is 115 Å². The molecule has 0 aliphatic heterocycles. The van der Waals surface area contributed by atoms with E-state index >= 15 is 0 Å². The van der Waals surface area contributed by atoms with Crippen molar-refractivity contribution in [2.75, 3.05) is 11.1 Å². The summed E-state index contributed by atoms with van der Waals surface area (Å²) < 4.78 is 38.1. The van der Waals surface area contributed by atoms with Gasteiger partial charge in [0.2, 0.25) is 5.91 Å². The molecule has 1 saturated carbocycles. The smallest absolute Gasteiger partial charge is 0.398 e. The number of nitrogens with one attached hydrogen (secondary N) is 1. The molecular formula is C14H17F3N2O. The maximum atomic E-state index is 12.7. The zero-order chi connectivity index (χ0) is 14.8. The zero-order valence-corrected chi connectivity index (χ0v) is 11.0. The first-order chi connectivity index (χ1) is 9.36. The van der Waals surface area contributed by atoms with E-state index in [1.165, 1.54) is 6.07 Å². The number of carbonyl (C=O) groups excluding carboxylic acids is 1. The maximum absolute atomic E-state index is 12.7. The van der Waals surface area contributed by atoms with Crippen molar-refractivity contribution in [1.82, 2.24) is 0 Å². The quantitative estimate of drug-likeness (QED) is 0.830. The highest BCUT2D eigenvalue weighted by Crippen LogP contribution is 2.35. The van der Waals surface area contributed by atoms with Crippen molar-refractivity contribution in [2.45, 2.75) is 38.3 Å². The summed E-state index contributed by atoms with van der Waals surface area (Å²) in [6.45, 7) is 0. The fourth-order valence-electron chi connectivity index (χ4n) is 2.57. The van der Waals surface area contributed by atoms with Crippen LogP contribution in [0, 0.1) is 5.92 Å². The largest absolute Gasteiger partial charge is 0.418 e. The molecule has 1 aliphatic carbocycles. The topological polar surface area (TPSA) is 55.1 Å². The van der Waals surface area contributed by atoms with Crippen LogP contribution in [-0.4, -0.2) is 5.91 Å². The summed E-state index contributed by atoms with van der Waals surface area (Å²) in [6, 6.07) is 3.42. The Morgan fingerprint density at radius 1 is 1.30 bits per heavy atom. The third-order valence-electron chi connectivity index (χ3n) is 3.59. The number of nitrogens with two attached hydrogens (primary N) is 1. The molecule has 0 aromatic heterocycles. The molecule has 0 atom stereocenters. The second kappa shape index (κ2) is 5.73. The minimum atomic E-state index is -4.52. The third-order valence-corrected chi connectivity index (χ3v) is 3.59. The third kappa shape index (κ3) is 3.65. The first kappa shape index (κ1) is 14.7. The Morgan fingerprint density at radius 2 is 1.95 bits per heavy atom. The number of alkyl halides is 3. The first-order valence-corrected chi connectivity index (χ1v) is 6.63. The van der Waals surface area contributed by atoms with Crippen LogP contribution in [0.15, 0.2) is 18.2 Å². The summed E-state index contributed by atoms with van der Waals surface area (Å²) in [5, 5.41) is 2.51. The van der Waals surface area contributed by atoms with Crippen LogP contribution in [-0.2, 0) is 11.0 Å². The molecule has 110 valence electrons. The van der Waals surface area contributed by atoms with Gasteiger partial charge in [0, 0.05) is 17.8 Å². The number of benzene rings is 1. The molecule has 1 aromatic carbocycles. The van der Waals surface area contributed by atoms with Crippen LogP contribution in [0.3, 0.4) is 0 Å². The van der Waals surface area contributed by atoms with E-state index in [-0.39, 0.29) is 17.3 Å². The van der Waals surface area contributed by atoms with Crippen LogP contribution < -0.4 is 11.1 Å². The molecule has 6 heteroatoms. The highest BCUT2D eigenvalue weighted by Gasteiger charge is 2.33. The van der Waals surface area contributed by atoms with Gasteiger partial charge < -0.3 is 11.1 Å². The molecule has 0 spiro atoms. The highest BCUT2D eigenvalue weighted by molar-refractivity contribution is 5.91. The average molecular weight is 286 g/mol. The molecule has 1 aliphatic rings. The monoisotopic (exact) mass is 286 g/mol. The maximum Gasteiger partial charge on any atom is 0.418 e. The average Bonchev–Trinajstić information content (AvgIpc) is 2.83. The molecule has 2 rings (SSSR count). The number of halogens is 3. The zero-order valence-electron chi connectivity index (χ0n) is 11.0. The predicted octanol–water partition coefficient (Wildman–Crippen LogP) is 3.81. The van der Waals surface area contributed by atoms with Gasteiger partial charge in [0.05, 0.1) is 5.56 Å². The van der Waals surface area contributed by atoms with Crippen LogP contribution in [0.5, 0.6) is 0 Å². The summed E-state index contributed by atoms with van der Waals surface area (Å²) in [4.78, 5) is 11.8. The lowest BCUT2D eigenvalue weighted by Crippen LogP contribution is -2.16. The van der Waals surface area contributed by atoms with Crippen molar-refractivity contribution in [3.8, 4) is 0 Å². The van der Waals surface area contributed by atoms with Gasteiger partial charge in [-0.15, -0.1) is 0 Å². The normalized spacial score (nSPS) is 16.4. The molecule has 3 nitrogen and oxygen atoms in total. The number of nitrogen functional groups attached to an aromatic ring is 1. The molecule has 1 fully saturated rings. The van der Waals surface area contributed by atoms with Gasteiger partial charge in [0.15, 0.2) is 0 Å². The van der Waals surface area contributed by atoms with Gasteiger partial charge in [-0.25, -0.2) is 0 Å². The van der Waals surface area contributed by atoms with Crippen molar-refractivity contribution >= 4 is 17.3 Å². The lowest BCUT2D eigenvalue weighted by molar-refractivity contribution is -0.136.